The fourth-order valence-corrected chi connectivity index (χ4v) is 4.54. The van der Waals surface area contributed by atoms with E-state index in [1.807, 2.05) is 18.1 Å². The second kappa shape index (κ2) is 7.62. The van der Waals surface area contributed by atoms with E-state index in [2.05, 4.69) is 10.1 Å². The molecular formula is C20H20F2N4O2S. The average molecular weight is 418 g/mol. The lowest BCUT2D eigenvalue weighted by atomic mass is 9.98. The van der Waals surface area contributed by atoms with Gasteiger partial charge < -0.3 is 10.0 Å². The number of halogens is 2. The number of carboxylic acids is 1. The molecule has 152 valence electrons. The number of hydrogen-bond acceptors (Lipinski definition) is 5. The van der Waals surface area contributed by atoms with E-state index in [1.54, 1.807) is 10.6 Å². The summed E-state index contributed by atoms with van der Waals surface area (Å²) in [6.45, 7) is 2.97. The summed E-state index contributed by atoms with van der Waals surface area (Å²) in [6.07, 6.45) is 3.33. The number of nitrogens with zero attached hydrogens (tertiary/aromatic N) is 4. The molecule has 29 heavy (non-hydrogen) atoms. The molecule has 1 unspecified atom stereocenters. The zero-order chi connectivity index (χ0) is 20.7. The van der Waals surface area contributed by atoms with Crippen LogP contribution >= 0.6 is 11.8 Å². The van der Waals surface area contributed by atoms with Gasteiger partial charge in [-0.1, -0.05) is 0 Å². The van der Waals surface area contributed by atoms with Crippen LogP contribution in [0.5, 0.6) is 0 Å². The van der Waals surface area contributed by atoms with E-state index in [0.29, 0.717) is 30.9 Å². The second-order valence-electron chi connectivity index (χ2n) is 7.10. The summed E-state index contributed by atoms with van der Waals surface area (Å²) in [5.41, 5.74) is 1.86. The lowest BCUT2D eigenvalue weighted by molar-refractivity contribution is -0.141. The van der Waals surface area contributed by atoms with Crippen molar-refractivity contribution in [3.63, 3.8) is 0 Å². The highest BCUT2D eigenvalue weighted by molar-refractivity contribution is 7.98. The number of aliphatic carboxylic acids is 1. The smallest absolute Gasteiger partial charge is 0.308 e. The van der Waals surface area contributed by atoms with Crippen molar-refractivity contribution in [1.29, 1.82) is 0 Å². The first kappa shape index (κ1) is 19.6. The molecule has 1 fully saturated rings. The van der Waals surface area contributed by atoms with Crippen LogP contribution in [-0.2, 0) is 4.79 Å². The van der Waals surface area contributed by atoms with Crippen molar-refractivity contribution in [1.82, 2.24) is 14.6 Å². The molecule has 1 saturated heterocycles. The average Bonchev–Trinajstić information content (AvgIpc) is 3.09. The van der Waals surface area contributed by atoms with Gasteiger partial charge in [0.1, 0.15) is 17.5 Å². The largest absolute Gasteiger partial charge is 0.481 e. The number of hydrogen-bond donors (Lipinski definition) is 1. The van der Waals surface area contributed by atoms with Gasteiger partial charge in [-0.2, -0.15) is 9.61 Å². The monoisotopic (exact) mass is 418 g/mol. The van der Waals surface area contributed by atoms with E-state index in [9.17, 15) is 18.7 Å². The lowest BCUT2D eigenvalue weighted by Crippen LogP contribution is -2.40. The van der Waals surface area contributed by atoms with Gasteiger partial charge in [-0.3, -0.25) is 4.79 Å². The van der Waals surface area contributed by atoms with Crippen LogP contribution in [0.3, 0.4) is 0 Å². The number of aryl methyl sites for hydroxylation is 1. The van der Waals surface area contributed by atoms with Crippen molar-refractivity contribution >= 4 is 29.2 Å². The molecule has 4 rings (SSSR count). The van der Waals surface area contributed by atoms with Gasteiger partial charge in [-0.25, -0.2) is 13.8 Å². The lowest BCUT2D eigenvalue weighted by Gasteiger charge is -2.33. The van der Waals surface area contributed by atoms with Gasteiger partial charge in [0, 0.05) is 30.8 Å². The molecule has 0 bridgehead atoms. The number of piperidine rings is 1. The highest BCUT2D eigenvalue weighted by atomic mass is 32.2. The van der Waals surface area contributed by atoms with E-state index < -0.39 is 23.5 Å². The van der Waals surface area contributed by atoms with Gasteiger partial charge in [0.05, 0.1) is 22.2 Å². The molecule has 0 radical (unpaired) electrons. The Balaban J connectivity index is 1.88. The Kier molecular flexibility index (Phi) is 5.16. The number of thioether (sulfide) groups is 1. The molecule has 0 amide bonds. The van der Waals surface area contributed by atoms with Gasteiger partial charge in [0.25, 0.3) is 0 Å². The molecule has 1 aliphatic rings. The molecule has 0 spiro atoms. The Morgan fingerprint density at radius 1 is 1.31 bits per heavy atom. The third-order valence-corrected chi connectivity index (χ3v) is 6.07. The normalized spacial score (nSPS) is 17.1. The summed E-state index contributed by atoms with van der Waals surface area (Å²) >= 11 is 1.51. The summed E-state index contributed by atoms with van der Waals surface area (Å²) in [4.78, 5) is 19.0. The Hall–Kier alpha value is -2.68. The zero-order valence-electron chi connectivity index (χ0n) is 16.0. The van der Waals surface area contributed by atoms with E-state index in [0.717, 1.165) is 28.9 Å². The minimum atomic E-state index is -0.808. The molecule has 1 aliphatic heterocycles. The Morgan fingerprint density at radius 3 is 2.79 bits per heavy atom. The number of carbonyl (C=O) groups is 1. The van der Waals surface area contributed by atoms with Gasteiger partial charge >= 0.3 is 5.97 Å². The van der Waals surface area contributed by atoms with Crippen molar-refractivity contribution in [2.45, 2.75) is 24.7 Å². The number of aromatic nitrogens is 3. The number of anilines is 1. The third kappa shape index (κ3) is 3.55. The standard InChI is InChI=1S/C20H20F2N4O2S/c1-11-18(29-2)19(25-7-3-4-12(10-25)20(27)28)26-17(23-11)9-16(24-26)14-6-5-13(21)8-15(14)22/h5-6,8-9,12H,3-4,7,10H2,1-2H3,(H,27,28). The van der Waals surface area contributed by atoms with Crippen LogP contribution in [0, 0.1) is 24.5 Å². The molecule has 2 aromatic heterocycles. The first-order valence-corrected chi connectivity index (χ1v) is 10.5. The van der Waals surface area contributed by atoms with E-state index in [1.165, 1.54) is 23.9 Å². The number of fused-ring (bicyclic) bond motifs is 1. The Bertz CT molecular complexity index is 1100. The Morgan fingerprint density at radius 2 is 2.10 bits per heavy atom. The van der Waals surface area contributed by atoms with Crippen LogP contribution in [0.1, 0.15) is 18.5 Å². The maximum Gasteiger partial charge on any atom is 0.308 e. The third-order valence-electron chi connectivity index (χ3n) is 5.19. The molecule has 9 heteroatoms. The predicted molar refractivity (Wildman–Crippen MR) is 107 cm³/mol. The number of benzene rings is 1. The SMILES string of the molecule is CSc1c(C)nc2cc(-c3ccc(F)cc3F)nn2c1N1CCCC(C(=O)O)C1. The summed E-state index contributed by atoms with van der Waals surface area (Å²) in [7, 11) is 0. The molecule has 0 aliphatic carbocycles. The highest BCUT2D eigenvalue weighted by Crippen LogP contribution is 2.35. The summed E-state index contributed by atoms with van der Waals surface area (Å²) in [6, 6.07) is 5.04. The van der Waals surface area contributed by atoms with Crippen molar-refractivity contribution < 1.29 is 18.7 Å². The van der Waals surface area contributed by atoms with E-state index >= 15 is 0 Å². The number of rotatable bonds is 4. The van der Waals surface area contributed by atoms with Crippen LogP contribution < -0.4 is 4.90 Å². The van der Waals surface area contributed by atoms with Crippen molar-refractivity contribution in [2.24, 2.45) is 5.92 Å². The van der Waals surface area contributed by atoms with Crippen LogP contribution in [0.25, 0.3) is 16.9 Å². The molecule has 1 N–H and O–H groups in total. The molecule has 1 aromatic carbocycles. The molecule has 0 saturated carbocycles. The topological polar surface area (TPSA) is 70.7 Å². The minimum absolute atomic E-state index is 0.188. The van der Waals surface area contributed by atoms with Gasteiger partial charge in [-0.15, -0.1) is 11.8 Å². The van der Waals surface area contributed by atoms with Crippen LogP contribution in [-0.4, -0.2) is 45.0 Å². The predicted octanol–water partition coefficient (Wildman–Crippen LogP) is 4.01. The summed E-state index contributed by atoms with van der Waals surface area (Å²) in [5, 5.41) is 14.0. The zero-order valence-corrected chi connectivity index (χ0v) is 16.8. The van der Waals surface area contributed by atoms with E-state index in [-0.39, 0.29) is 5.56 Å². The molecule has 1 atom stereocenters. The molecule has 6 nitrogen and oxygen atoms in total. The maximum atomic E-state index is 14.3. The molecule has 3 heterocycles. The van der Waals surface area contributed by atoms with Crippen LogP contribution in [0.2, 0.25) is 0 Å². The van der Waals surface area contributed by atoms with Crippen molar-refractivity contribution in [3.05, 3.63) is 41.6 Å². The summed E-state index contributed by atoms with van der Waals surface area (Å²) in [5.74, 6) is -1.84. The minimum Gasteiger partial charge on any atom is -0.481 e. The van der Waals surface area contributed by atoms with Gasteiger partial charge in [0.2, 0.25) is 0 Å². The van der Waals surface area contributed by atoms with Crippen LogP contribution in [0.15, 0.2) is 29.2 Å². The second-order valence-corrected chi connectivity index (χ2v) is 7.92. The van der Waals surface area contributed by atoms with Gasteiger partial charge in [0.15, 0.2) is 5.65 Å². The molecular weight excluding hydrogens is 398 g/mol. The fourth-order valence-electron chi connectivity index (χ4n) is 3.80. The first-order chi connectivity index (χ1) is 13.9. The first-order valence-electron chi connectivity index (χ1n) is 9.26. The van der Waals surface area contributed by atoms with Gasteiger partial charge in [-0.05, 0) is 38.2 Å². The number of carboxylic acid groups (broad SMARTS) is 1. The van der Waals surface area contributed by atoms with E-state index in [4.69, 9.17) is 0 Å². The Labute approximate surface area is 170 Å². The fraction of sp³-hybridized carbons (Fsp3) is 0.350. The quantitative estimate of drug-likeness (QED) is 0.646. The summed E-state index contributed by atoms with van der Waals surface area (Å²) < 4.78 is 29.2. The van der Waals surface area contributed by atoms with Crippen LogP contribution in [0.4, 0.5) is 14.6 Å². The van der Waals surface area contributed by atoms with Crippen molar-refractivity contribution in [3.8, 4) is 11.3 Å². The highest BCUT2D eigenvalue weighted by Gasteiger charge is 2.29. The maximum absolute atomic E-state index is 14.3. The van der Waals surface area contributed by atoms with Crippen molar-refractivity contribution in [2.75, 3.05) is 24.2 Å². The molecule has 3 aromatic rings.